The Kier molecular flexibility index (Phi) is 14.6. The van der Waals surface area contributed by atoms with Crippen molar-refractivity contribution < 1.29 is 42.8 Å². The summed E-state index contributed by atoms with van der Waals surface area (Å²) in [5, 5.41) is 0. The lowest BCUT2D eigenvalue weighted by Gasteiger charge is -2.58. The summed E-state index contributed by atoms with van der Waals surface area (Å²) in [6.45, 7) is 17.6. The fourth-order valence-corrected chi connectivity index (χ4v) is 12.6. The van der Waals surface area contributed by atoms with Gasteiger partial charge in [-0.1, -0.05) is 72.5 Å². The summed E-state index contributed by atoms with van der Waals surface area (Å²) in [5.41, 5.74) is 3.38. The molecule has 0 spiro atoms. The molecule has 0 radical (unpaired) electrons. The molecule has 65 heavy (non-hydrogen) atoms. The lowest BCUT2D eigenvalue weighted by atomic mass is 9.47. The van der Waals surface area contributed by atoms with Gasteiger partial charge in [0, 0.05) is 11.8 Å². The van der Waals surface area contributed by atoms with Gasteiger partial charge in [-0.2, -0.15) is 0 Å². The van der Waals surface area contributed by atoms with E-state index in [0.717, 1.165) is 68.5 Å². The molecule has 3 aromatic carbocycles. The third-order valence-electron chi connectivity index (χ3n) is 16.7. The second kappa shape index (κ2) is 20.2. The van der Waals surface area contributed by atoms with Gasteiger partial charge in [-0.05, 0) is 171 Å². The Morgan fingerprint density at radius 1 is 0.708 bits per heavy atom. The summed E-state index contributed by atoms with van der Waals surface area (Å²) in [6.07, 6.45) is 16.9. The zero-order valence-corrected chi connectivity index (χ0v) is 39.7. The molecular formula is C56H72O9. The minimum atomic E-state index is -0.567. The van der Waals surface area contributed by atoms with Gasteiger partial charge in [0.05, 0.1) is 43.1 Å². The SMILES string of the molecule is CCC1(COCCOc2ccc(C(=O)Oc3ccc(OC(=O)c4ccc(C(=O)OC5CCC6(C)C(=CCC7C6CCC6(C)C(C(C)CCCC(C)C)CCC76)C5)cc4)cc3)cc2)COC1. The van der Waals surface area contributed by atoms with Crippen LogP contribution in [-0.2, 0) is 14.2 Å². The fraction of sp³-hybridized carbons (Fsp3) is 0.589. The highest BCUT2D eigenvalue weighted by Crippen LogP contribution is 2.67. The smallest absolute Gasteiger partial charge is 0.343 e. The second-order valence-corrected chi connectivity index (χ2v) is 21.2. The highest BCUT2D eigenvalue weighted by molar-refractivity contribution is 5.94. The number of ether oxygens (including phenoxy) is 6. The molecule has 1 saturated heterocycles. The molecule has 8 rings (SSSR count). The highest BCUT2D eigenvalue weighted by atomic mass is 16.6. The van der Waals surface area contributed by atoms with Crippen LogP contribution in [0.4, 0.5) is 0 Å². The Hall–Kier alpha value is -4.47. The van der Waals surface area contributed by atoms with Crippen molar-refractivity contribution in [2.45, 2.75) is 125 Å². The minimum Gasteiger partial charge on any atom is -0.491 e. The van der Waals surface area contributed by atoms with E-state index < -0.39 is 11.9 Å². The van der Waals surface area contributed by atoms with Crippen molar-refractivity contribution in [3.63, 3.8) is 0 Å². The summed E-state index contributed by atoms with van der Waals surface area (Å²) in [4.78, 5) is 39.3. The highest BCUT2D eigenvalue weighted by Gasteiger charge is 2.59. The number of fused-ring (bicyclic) bond motifs is 5. The third-order valence-corrected chi connectivity index (χ3v) is 16.7. The van der Waals surface area contributed by atoms with E-state index in [4.69, 9.17) is 28.4 Å². The van der Waals surface area contributed by atoms with Gasteiger partial charge in [0.2, 0.25) is 0 Å². The van der Waals surface area contributed by atoms with Crippen molar-refractivity contribution >= 4 is 17.9 Å². The molecule has 5 aliphatic rings. The molecule has 350 valence electrons. The Morgan fingerprint density at radius 2 is 1.32 bits per heavy atom. The number of carbonyl (C=O) groups excluding carboxylic acids is 3. The van der Waals surface area contributed by atoms with Crippen molar-refractivity contribution in [1.29, 1.82) is 0 Å². The van der Waals surface area contributed by atoms with Crippen LogP contribution in [0.2, 0.25) is 0 Å². The molecule has 0 bridgehead atoms. The molecule has 1 heterocycles. The molecular weight excluding hydrogens is 817 g/mol. The van der Waals surface area contributed by atoms with Gasteiger partial charge < -0.3 is 28.4 Å². The van der Waals surface area contributed by atoms with Crippen LogP contribution in [0.15, 0.2) is 84.4 Å². The molecule has 8 atom stereocenters. The van der Waals surface area contributed by atoms with Crippen LogP contribution in [0.3, 0.4) is 0 Å². The van der Waals surface area contributed by atoms with Crippen LogP contribution in [0.5, 0.6) is 17.2 Å². The minimum absolute atomic E-state index is 0.139. The normalized spacial score (nSPS) is 28.1. The average Bonchev–Trinajstić information content (AvgIpc) is 3.65. The van der Waals surface area contributed by atoms with Crippen LogP contribution in [0.25, 0.3) is 0 Å². The van der Waals surface area contributed by atoms with Gasteiger partial charge >= 0.3 is 17.9 Å². The Morgan fingerprint density at radius 3 is 1.92 bits per heavy atom. The van der Waals surface area contributed by atoms with E-state index in [9.17, 15) is 14.4 Å². The van der Waals surface area contributed by atoms with E-state index in [2.05, 4.69) is 47.6 Å². The molecule has 9 nitrogen and oxygen atoms in total. The average molecular weight is 889 g/mol. The number of benzene rings is 3. The largest absolute Gasteiger partial charge is 0.491 e. The molecule has 1 aliphatic heterocycles. The topological polar surface area (TPSA) is 107 Å². The van der Waals surface area contributed by atoms with E-state index in [0.29, 0.717) is 65.1 Å². The van der Waals surface area contributed by atoms with Crippen LogP contribution < -0.4 is 14.2 Å². The predicted octanol–water partition coefficient (Wildman–Crippen LogP) is 12.5. The van der Waals surface area contributed by atoms with E-state index in [1.54, 1.807) is 72.8 Å². The fourth-order valence-electron chi connectivity index (χ4n) is 12.6. The summed E-state index contributed by atoms with van der Waals surface area (Å²) in [6, 6.07) is 19.4. The lowest BCUT2D eigenvalue weighted by molar-refractivity contribution is -0.151. The van der Waals surface area contributed by atoms with E-state index in [1.807, 2.05) is 0 Å². The van der Waals surface area contributed by atoms with Crippen molar-refractivity contribution in [2.24, 2.45) is 51.8 Å². The van der Waals surface area contributed by atoms with Gasteiger partial charge in [0.1, 0.15) is 30.0 Å². The molecule has 3 aromatic rings. The van der Waals surface area contributed by atoms with Crippen molar-refractivity contribution in [1.82, 2.24) is 0 Å². The standard InChI is InChI=1S/C56H72O9/c1-7-56(35-61-36-56)34-60-31-32-62-43-18-15-41(16-19-43)52(58)64-45-22-20-44(21-23-45)63-51(57)39-11-13-40(14-12-39)53(59)65-46-27-29-54(5)42(33-46)17-24-47-49-26-25-48(38(4)10-8-9-37(2)3)55(49,6)30-28-50(47)54/h11-23,37-38,46-50H,7-10,24-36H2,1-6H3. The Bertz CT molecular complexity index is 2130. The molecule has 0 amide bonds. The quantitative estimate of drug-likeness (QED) is 0.0534. The first-order chi connectivity index (χ1) is 31.3. The van der Waals surface area contributed by atoms with Crippen LogP contribution >= 0.6 is 0 Å². The first-order valence-electron chi connectivity index (χ1n) is 24.7. The van der Waals surface area contributed by atoms with Crippen molar-refractivity contribution in [2.75, 3.05) is 33.0 Å². The van der Waals surface area contributed by atoms with Crippen LogP contribution in [-0.4, -0.2) is 57.0 Å². The summed E-state index contributed by atoms with van der Waals surface area (Å²) in [7, 11) is 0. The monoisotopic (exact) mass is 889 g/mol. The zero-order chi connectivity index (χ0) is 45.8. The number of hydrogen-bond acceptors (Lipinski definition) is 9. The first-order valence-corrected chi connectivity index (χ1v) is 24.7. The first kappa shape index (κ1) is 47.0. The van der Waals surface area contributed by atoms with Gasteiger partial charge in [-0.15, -0.1) is 0 Å². The van der Waals surface area contributed by atoms with Crippen LogP contribution in [0.1, 0.15) is 150 Å². The molecule has 4 aliphatic carbocycles. The zero-order valence-electron chi connectivity index (χ0n) is 39.7. The van der Waals surface area contributed by atoms with Gasteiger partial charge in [0.15, 0.2) is 0 Å². The van der Waals surface area contributed by atoms with E-state index in [-0.39, 0.29) is 22.9 Å². The number of allylic oxidation sites excluding steroid dienone is 1. The summed E-state index contributed by atoms with van der Waals surface area (Å²) in [5.74, 6) is 4.53. The summed E-state index contributed by atoms with van der Waals surface area (Å²) < 4.78 is 34.2. The molecule has 3 saturated carbocycles. The number of hydrogen-bond donors (Lipinski definition) is 0. The van der Waals surface area contributed by atoms with Gasteiger partial charge in [-0.25, -0.2) is 14.4 Å². The Balaban J connectivity index is 0.772. The van der Waals surface area contributed by atoms with Crippen molar-refractivity contribution in [3.8, 4) is 17.2 Å². The number of carbonyl (C=O) groups is 3. The van der Waals surface area contributed by atoms with E-state index >= 15 is 0 Å². The summed E-state index contributed by atoms with van der Waals surface area (Å²) >= 11 is 0. The third kappa shape index (κ3) is 10.4. The van der Waals surface area contributed by atoms with Gasteiger partial charge in [-0.3, -0.25) is 0 Å². The van der Waals surface area contributed by atoms with E-state index in [1.165, 1.54) is 56.9 Å². The second-order valence-electron chi connectivity index (χ2n) is 21.2. The maximum Gasteiger partial charge on any atom is 0.343 e. The maximum atomic E-state index is 13.4. The molecule has 9 heteroatoms. The number of esters is 3. The lowest BCUT2D eigenvalue weighted by Crippen LogP contribution is -2.51. The van der Waals surface area contributed by atoms with Gasteiger partial charge in [0.25, 0.3) is 0 Å². The van der Waals surface area contributed by atoms with Crippen molar-refractivity contribution in [3.05, 3.63) is 101 Å². The maximum absolute atomic E-state index is 13.4. The molecule has 0 aromatic heterocycles. The Labute approximate surface area is 387 Å². The molecule has 0 N–H and O–H groups in total. The molecule has 8 unspecified atom stereocenters. The predicted molar refractivity (Wildman–Crippen MR) is 251 cm³/mol. The molecule has 4 fully saturated rings. The van der Waals surface area contributed by atoms with Crippen LogP contribution in [0, 0.1) is 51.8 Å². The number of rotatable bonds is 18.